The van der Waals surface area contributed by atoms with Crippen LogP contribution in [0.1, 0.15) is 18.6 Å². The Hall–Kier alpha value is -0.410. The Labute approximate surface area is 83.7 Å². The maximum absolute atomic E-state index is 5.55. The van der Waals surface area contributed by atoms with Gasteiger partial charge >= 0.3 is 0 Å². The Kier molecular flexibility index (Phi) is 2.65. The van der Waals surface area contributed by atoms with E-state index in [0.29, 0.717) is 12.0 Å². The molecule has 0 aromatic carbocycles. The molecule has 1 aromatic rings. The van der Waals surface area contributed by atoms with Crippen LogP contribution in [0.25, 0.3) is 0 Å². The first-order valence-corrected chi connectivity index (χ1v) is 5.19. The Balaban J connectivity index is 1.70. The average Bonchev–Trinajstić information content (AvgIpc) is 2.74. The van der Waals surface area contributed by atoms with Crippen molar-refractivity contribution in [1.82, 2.24) is 0 Å². The summed E-state index contributed by atoms with van der Waals surface area (Å²) in [6.45, 7) is 1.40. The van der Waals surface area contributed by atoms with Crippen LogP contribution in [-0.4, -0.2) is 12.4 Å². The van der Waals surface area contributed by atoms with E-state index in [9.17, 15) is 0 Å². The van der Waals surface area contributed by atoms with Gasteiger partial charge in [-0.05, 0) is 30.7 Å². The molecule has 0 unspecified atom stereocenters. The lowest BCUT2D eigenvalue weighted by Crippen LogP contribution is -2.11. The molecule has 0 spiro atoms. The minimum absolute atomic E-state index is 0.385. The molecule has 1 saturated carbocycles. The van der Waals surface area contributed by atoms with Gasteiger partial charge in [0.1, 0.15) is 12.4 Å². The minimum Gasteiger partial charge on any atom is -0.467 e. The van der Waals surface area contributed by atoms with Gasteiger partial charge in [-0.2, -0.15) is 12.6 Å². The normalized spacial score (nSPS) is 18.8. The number of thiol groups is 1. The molecule has 1 aromatic heterocycles. The van der Waals surface area contributed by atoms with Crippen LogP contribution in [0.4, 0.5) is 0 Å². The lowest BCUT2D eigenvalue weighted by atomic mass is 10.2. The van der Waals surface area contributed by atoms with E-state index < -0.39 is 0 Å². The van der Waals surface area contributed by atoms with Crippen molar-refractivity contribution in [2.75, 3.05) is 12.4 Å². The van der Waals surface area contributed by atoms with Gasteiger partial charge in [0, 0.05) is 5.41 Å². The summed E-state index contributed by atoms with van der Waals surface area (Å²) in [4.78, 5) is 0. The predicted octanol–water partition coefficient (Wildman–Crippen LogP) is 2.51. The zero-order chi connectivity index (χ0) is 9.15. The highest BCUT2D eigenvalue weighted by Gasteiger charge is 2.41. The molecule has 13 heavy (non-hydrogen) atoms. The van der Waals surface area contributed by atoms with Gasteiger partial charge in [-0.1, -0.05) is 0 Å². The monoisotopic (exact) mass is 198 g/mol. The largest absolute Gasteiger partial charge is 0.467 e. The van der Waals surface area contributed by atoms with E-state index in [4.69, 9.17) is 9.15 Å². The zero-order valence-corrected chi connectivity index (χ0v) is 8.43. The molecule has 0 bridgehead atoms. The minimum atomic E-state index is 0.385. The second-order valence-corrected chi connectivity index (χ2v) is 4.05. The number of rotatable bonds is 5. The molecule has 2 rings (SSSR count). The number of hydrogen-bond donors (Lipinski definition) is 1. The van der Waals surface area contributed by atoms with E-state index in [-0.39, 0.29) is 0 Å². The summed E-state index contributed by atoms with van der Waals surface area (Å²) in [6, 6.07) is 3.81. The molecular formula is C10H14O2S. The van der Waals surface area contributed by atoms with Gasteiger partial charge in [0.15, 0.2) is 0 Å². The molecule has 0 atom stereocenters. The van der Waals surface area contributed by atoms with Crippen molar-refractivity contribution in [3.05, 3.63) is 24.2 Å². The van der Waals surface area contributed by atoms with Crippen molar-refractivity contribution in [1.29, 1.82) is 0 Å². The summed E-state index contributed by atoms with van der Waals surface area (Å²) in [5.74, 6) is 1.83. The van der Waals surface area contributed by atoms with Gasteiger partial charge in [-0.3, -0.25) is 0 Å². The van der Waals surface area contributed by atoms with Gasteiger partial charge in [0.05, 0.1) is 12.9 Å². The van der Waals surface area contributed by atoms with Gasteiger partial charge in [0.2, 0.25) is 0 Å². The number of furan rings is 1. The second-order valence-electron chi connectivity index (χ2n) is 3.73. The molecule has 1 aliphatic rings. The van der Waals surface area contributed by atoms with E-state index in [1.165, 1.54) is 12.8 Å². The lowest BCUT2D eigenvalue weighted by molar-refractivity contribution is 0.0742. The van der Waals surface area contributed by atoms with Gasteiger partial charge < -0.3 is 9.15 Å². The van der Waals surface area contributed by atoms with E-state index >= 15 is 0 Å². The van der Waals surface area contributed by atoms with E-state index in [0.717, 1.165) is 18.1 Å². The smallest absolute Gasteiger partial charge is 0.129 e. The molecule has 1 heterocycles. The van der Waals surface area contributed by atoms with Gasteiger partial charge in [-0.25, -0.2) is 0 Å². The molecule has 1 fully saturated rings. The van der Waals surface area contributed by atoms with E-state index in [1.54, 1.807) is 6.26 Å². The first-order chi connectivity index (χ1) is 6.35. The maximum Gasteiger partial charge on any atom is 0.129 e. The summed E-state index contributed by atoms with van der Waals surface area (Å²) >= 11 is 4.31. The van der Waals surface area contributed by atoms with Crippen molar-refractivity contribution in [2.45, 2.75) is 19.4 Å². The topological polar surface area (TPSA) is 22.4 Å². The fourth-order valence-electron chi connectivity index (χ4n) is 1.29. The summed E-state index contributed by atoms with van der Waals surface area (Å²) in [5.41, 5.74) is 0.385. The van der Waals surface area contributed by atoms with Crippen molar-refractivity contribution < 1.29 is 9.15 Å². The Morgan fingerprint density at radius 2 is 2.38 bits per heavy atom. The fourth-order valence-corrected chi connectivity index (χ4v) is 1.70. The van der Waals surface area contributed by atoms with Crippen molar-refractivity contribution in [2.24, 2.45) is 5.41 Å². The summed E-state index contributed by atoms with van der Waals surface area (Å²) < 4.78 is 10.7. The third kappa shape index (κ3) is 2.29. The van der Waals surface area contributed by atoms with Crippen LogP contribution in [0.15, 0.2) is 22.8 Å². The van der Waals surface area contributed by atoms with Crippen molar-refractivity contribution in [3.8, 4) is 0 Å². The number of hydrogen-bond acceptors (Lipinski definition) is 3. The molecule has 0 radical (unpaired) electrons. The van der Waals surface area contributed by atoms with Gasteiger partial charge in [-0.15, -0.1) is 0 Å². The second kappa shape index (κ2) is 3.76. The fraction of sp³-hybridized carbons (Fsp3) is 0.600. The molecule has 3 heteroatoms. The van der Waals surface area contributed by atoms with E-state index in [1.807, 2.05) is 12.1 Å². The summed E-state index contributed by atoms with van der Waals surface area (Å²) in [7, 11) is 0. The Morgan fingerprint density at radius 3 is 2.92 bits per heavy atom. The van der Waals surface area contributed by atoms with Crippen molar-refractivity contribution in [3.63, 3.8) is 0 Å². The zero-order valence-electron chi connectivity index (χ0n) is 7.53. The van der Waals surface area contributed by atoms with Crippen LogP contribution in [0.2, 0.25) is 0 Å². The standard InChI is InChI=1S/C10H14O2S/c13-8-10(3-4-10)7-11-6-9-2-1-5-12-9/h1-2,5,13H,3-4,6-8H2. The van der Waals surface area contributed by atoms with Crippen LogP contribution in [0.3, 0.4) is 0 Å². The lowest BCUT2D eigenvalue weighted by Gasteiger charge is -2.10. The first-order valence-electron chi connectivity index (χ1n) is 4.56. The summed E-state index contributed by atoms with van der Waals surface area (Å²) in [5, 5.41) is 0. The molecule has 0 aliphatic heterocycles. The highest BCUT2D eigenvalue weighted by Crippen LogP contribution is 2.46. The van der Waals surface area contributed by atoms with E-state index in [2.05, 4.69) is 12.6 Å². The third-order valence-electron chi connectivity index (χ3n) is 2.53. The molecular weight excluding hydrogens is 184 g/mol. The molecule has 72 valence electrons. The molecule has 2 nitrogen and oxygen atoms in total. The first kappa shape index (κ1) is 9.16. The Morgan fingerprint density at radius 1 is 1.54 bits per heavy atom. The highest BCUT2D eigenvalue weighted by atomic mass is 32.1. The van der Waals surface area contributed by atoms with Crippen LogP contribution in [0.5, 0.6) is 0 Å². The van der Waals surface area contributed by atoms with Gasteiger partial charge in [0.25, 0.3) is 0 Å². The molecule has 1 aliphatic carbocycles. The number of ether oxygens (including phenoxy) is 1. The quantitative estimate of drug-likeness (QED) is 0.734. The predicted molar refractivity (Wildman–Crippen MR) is 53.9 cm³/mol. The van der Waals surface area contributed by atoms with Crippen LogP contribution in [-0.2, 0) is 11.3 Å². The summed E-state index contributed by atoms with van der Waals surface area (Å²) in [6.07, 6.45) is 4.19. The average molecular weight is 198 g/mol. The van der Waals surface area contributed by atoms with Crippen LogP contribution >= 0.6 is 12.6 Å². The Bertz CT molecular complexity index is 252. The molecule has 0 saturated heterocycles. The van der Waals surface area contributed by atoms with Crippen LogP contribution < -0.4 is 0 Å². The SMILES string of the molecule is SCC1(COCc2ccco2)CC1. The van der Waals surface area contributed by atoms with Crippen molar-refractivity contribution >= 4 is 12.6 Å². The van der Waals surface area contributed by atoms with Crippen LogP contribution in [0, 0.1) is 5.41 Å². The highest BCUT2D eigenvalue weighted by molar-refractivity contribution is 7.80. The molecule has 0 N–H and O–H groups in total. The maximum atomic E-state index is 5.55. The molecule has 0 amide bonds. The third-order valence-corrected chi connectivity index (χ3v) is 3.20.